The molecule has 1 amide bonds. The maximum atomic E-state index is 11.9. The maximum absolute atomic E-state index is 11.9. The summed E-state index contributed by atoms with van der Waals surface area (Å²) >= 11 is 1.55. The fourth-order valence-electron chi connectivity index (χ4n) is 2.83. The molecule has 0 spiro atoms. The molecule has 0 radical (unpaired) electrons. The molecule has 128 valence electrons. The molecular formula is C16H21N5O2S. The minimum absolute atomic E-state index is 0.0300. The lowest BCUT2D eigenvalue weighted by atomic mass is 10.0. The summed E-state index contributed by atoms with van der Waals surface area (Å²) in [7, 11) is 1.54. The van der Waals surface area contributed by atoms with Crippen molar-refractivity contribution < 1.29 is 9.53 Å². The van der Waals surface area contributed by atoms with Gasteiger partial charge in [-0.25, -0.2) is 15.0 Å². The Morgan fingerprint density at radius 2 is 2.25 bits per heavy atom. The summed E-state index contributed by atoms with van der Waals surface area (Å²) in [5.41, 5.74) is 1.95. The molecule has 3 rings (SSSR count). The first-order valence-electron chi connectivity index (χ1n) is 7.86. The van der Waals surface area contributed by atoms with Gasteiger partial charge < -0.3 is 15.0 Å². The van der Waals surface area contributed by atoms with Crippen molar-refractivity contribution in [1.29, 1.82) is 0 Å². The number of methoxy groups -OCH3 is 1. The number of carbonyl (C=O) groups excluding carboxylic acids is 1. The Morgan fingerprint density at radius 1 is 1.42 bits per heavy atom. The van der Waals surface area contributed by atoms with Crippen LogP contribution in [0.1, 0.15) is 29.6 Å². The molecule has 1 aliphatic rings. The van der Waals surface area contributed by atoms with E-state index in [1.165, 1.54) is 7.11 Å². The number of aryl methyl sites for hydroxylation is 2. The Morgan fingerprint density at radius 3 is 2.96 bits per heavy atom. The zero-order chi connectivity index (χ0) is 17.1. The normalized spacial score (nSPS) is 17.3. The molecular weight excluding hydrogens is 326 g/mol. The highest BCUT2D eigenvalue weighted by molar-refractivity contribution is 7.13. The first kappa shape index (κ1) is 16.8. The van der Waals surface area contributed by atoms with Crippen LogP contribution in [0.2, 0.25) is 0 Å². The largest absolute Gasteiger partial charge is 0.375 e. The molecule has 7 nitrogen and oxygen atoms in total. The number of nitrogens with one attached hydrogen (secondary N) is 1. The van der Waals surface area contributed by atoms with Crippen molar-refractivity contribution in [1.82, 2.24) is 19.9 Å². The van der Waals surface area contributed by atoms with Gasteiger partial charge in [-0.05, 0) is 20.3 Å². The first-order valence-corrected chi connectivity index (χ1v) is 8.74. The molecule has 0 aliphatic carbocycles. The monoisotopic (exact) mass is 347 g/mol. The van der Waals surface area contributed by atoms with Crippen LogP contribution in [-0.4, -0.2) is 52.6 Å². The lowest BCUT2D eigenvalue weighted by Crippen LogP contribution is -2.31. The van der Waals surface area contributed by atoms with E-state index < -0.39 is 0 Å². The van der Waals surface area contributed by atoms with Gasteiger partial charge in [0.25, 0.3) is 0 Å². The van der Waals surface area contributed by atoms with Gasteiger partial charge >= 0.3 is 0 Å². The van der Waals surface area contributed by atoms with Crippen LogP contribution >= 0.6 is 11.3 Å². The Balaban J connectivity index is 1.73. The number of carbonyl (C=O) groups is 1. The van der Waals surface area contributed by atoms with Crippen molar-refractivity contribution >= 4 is 28.2 Å². The van der Waals surface area contributed by atoms with Crippen LogP contribution in [0.3, 0.4) is 0 Å². The summed E-state index contributed by atoms with van der Waals surface area (Å²) in [4.78, 5) is 27.2. The third-order valence-electron chi connectivity index (χ3n) is 3.94. The third kappa shape index (κ3) is 3.88. The van der Waals surface area contributed by atoms with Crippen LogP contribution in [0.5, 0.6) is 0 Å². The lowest BCUT2D eigenvalue weighted by Gasteiger charge is -2.16. The number of amides is 1. The minimum atomic E-state index is 0.0300. The zero-order valence-corrected chi connectivity index (χ0v) is 14.9. The van der Waals surface area contributed by atoms with Crippen LogP contribution in [0.4, 0.5) is 10.9 Å². The van der Waals surface area contributed by atoms with Crippen molar-refractivity contribution in [2.45, 2.75) is 26.2 Å². The van der Waals surface area contributed by atoms with Crippen molar-refractivity contribution in [3.8, 4) is 0 Å². The Kier molecular flexibility index (Phi) is 5.06. The number of rotatable bonds is 5. The van der Waals surface area contributed by atoms with Gasteiger partial charge in [-0.15, -0.1) is 11.3 Å². The summed E-state index contributed by atoms with van der Waals surface area (Å²) in [5.74, 6) is 1.71. The molecule has 1 unspecified atom stereocenters. The summed E-state index contributed by atoms with van der Waals surface area (Å²) in [6.45, 7) is 5.39. The maximum Gasteiger partial charge on any atom is 0.248 e. The summed E-state index contributed by atoms with van der Waals surface area (Å²) in [5, 5.41) is 6.05. The van der Waals surface area contributed by atoms with Crippen molar-refractivity contribution in [2.75, 3.05) is 32.1 Å². The molecule has 1 saturated heterocycles. The number of thiazole rings is 1. The van der Waals surface area contributed by atoms with E-state index in [1.807, 2.05) is 30.2 Å². The molecule has 0 bridgehead atoms. The Labute approximate surface area is 145 Å². The summed E-state index contributed by atoms with van der Waals surface area (Å²) < 4.78 is 4.93. The average Bonchev–Trinajstić information content (AvgIpc) is 3.16. The van der Waals surface area contributed by atoms with Crippen LogP contribution in [-0.2, 0) is 9.53 Å². The molecule has 0 saturated carbocycles. The van der Waals surface area contributed by atoms with Gasteiger partial charge in [-0.3, -0.25) is 4.79 Å². The number of nitrogens with zero attached hydrogens (tertiary/aromatic N) is 4. The van der Waals surface area contributed by atoms with Gasteiger partial charge in [-0.1, -0.05) is 0 Å². The van der Waals surface area contributed by atoms with Crippen molar-refractivity contribution in [3.63, 3.8) is 0 Å². The third-order valence-corrected chi connectivity index (χ3v) is 4.81. The van der Waals surface area contributed by atoms with Crippen LogP contribution in [0.25, 0.3) is 0 Å². The average molecular weight is 347 g/mol. The molecule has 1 fully saturated rings. The standard InChI is InChI=1S/C16H21N5O2S/c1-10-9-24-16(17-10)20-14-6-13(18-11(2)19-14)12-4-5-21(7-12)15(22)8-23-3/h6,9,12H,4-5,7-8H2,1-3H3,(H,17,18,19,20). The second-order valence-electron chi connectivity index (χ2n) is 5.90. The van der Waals surface area contributed by atoms with E-state index in [4.69, 9.17) is 4.74 Å². The number of likely N-dealkylation sites (tertiary alicyclic amines) is 1. The fraction of sp³-hybridized carbons (Fsp3) is 0.500. The van der Waals surface area contributed by atoms with Gasteiger partial charge in [0.05, 0.1) is 11.4 Å². The van der Waals surface area contributed by atoms with Crippen LogP contribution in [0.15, 0.2) is 11.4 Å². The SMILES string of the molecule is COCC(=O)N1CCC(c2cc(Nc3nc(C)cs3)nc(C)n2)C1. The van der Waals surface area contributed by atoms with Gasteiger partial charge in [0.2, 0.25) is 5.91 Å². The quantitative estimate of drug-likeness (QED) is 0.893. The van der Waals surface area contributed by atoms with Crippen molar-refractivity contribution in [2.24, 2.45) is 0 Å². The Bertz CT molecular complexity index is 733. The highest BCUT2D eigenvalue weighted by Crippen LogP contribution is 2.28. The van der Waals surface area contributed by atoms with E-state index in [0.29, 0.717) is 12.4 Å². The smallest absolute Gasteiger partial charge is 0.248 e. The predicted octanol–water partition coefficient (Wildman–Crippen LogP) is 2.26. The van der Waals surface area contributed by atoms with E-state index in [1.54, 1.807) is 11.3 Å². The van der Waals surface area contributed by atoms with Gasteiger partial charge in [0, 0.05) is 37.6 Å². The number of hydrogen-bond donors (Lipinski definition) is 1. The molecule has 8 heteroatoms. The Hall–Kier alpha value is -2.06. The molecule has 2 aromatic rings. The van der Waals surface area contributed by atoms with E-state index >= 15 is 0 Å². The minimum Gasteiger partial charge on any atom is -0.375 e. The zero-order valence-electron chi connectivity index (χ0n) is 14.1. The van der Waals surface area contributed by atoms with Gasteiger partial charge in [0.1, 0.15) is 18.2 Å². The van der Waals surface area contributed by atoms with E-state index in [2.05, 4.69) is 20.3 Å². The molecule has 1 atom stereocenters. The molecule has 2 aromatic heterocycles. The predicted molar refractivity (Wildman–Crippen MR) is 92.7 cm³/mol. The van der Waals surface area contributed by atoms with Crippen LogP contribution in [0, 0.1) is 13.8 Å². The number of anilines is 2. The molecule has 3 heterocycles. The number of ether oxygens (including phenoxy) is 1. The molecule has 0 aromatic carbocycles. The van der Waals surface area contributed by atoms with E-state index in [0.717, 1.165) is 35.3 Å². The van der Waals surface area contributed by atoms with Gasteiger partial charge in [-0.2, -0.15) is 0 Å². The summed E-state index contributed by atoms with van der Waals surface area (Å²) in [6.07, 6.45) is 0.904. The number of hydrogen-bond acceptors (Lipinski definition) is 7. The highest BCUT2D eigenvalue weighted by Gasteiger charge is 2.28. The van der Waals surface area contributed by atoms with Crippen LogP contribution < -0.4 is 5.32 Å². The van der Waals surface area contributed by atoms with Gasteiger partial charge in [0.15, 0.2) is 5.13 Å². The summed E-state index contributed by atoms with van der Waals surface area (Å²) in [6, 6.07) is 1.96. The topological polar surface area (TPSA) is 80.2 Å². The number of aromatic nitrogens is 3. The molecule has 24 heavy (non-hydrogen) atoms. The molecule has 1 aliphatic heterocycles. The molecule has 1 N–H and O–H groups in total. The van der Waals surface area contributed by atoms with E-state index in [-0.39, 0.29) is 18.4 Å². The second-order valence-corrected chi connectivity index (χ2v) is 6.76. The fourth-order valence-corrected chi connectivity index (χ4v) is 3.52. The van der Waals surface area contributed by atoms with E-state index in [9.17, 15) is 4.79 Å². The second kappa shape index (κ2) is 7.23. The lowest BCUT2D eigenvalue weighted by molar-refractivity contribution is -0.134. The van der Waals surface area contributed by atoms with Crippen molar-refractivity contribution in [3.05, 3.63) is 28.7 Å². The first-order chi connectivity index (χ1) is 11.5. The highest BCUT2D eigenvalue weighted by atomic mass is 32.1.